The van der Waals surface area contributed by atoms with Gasteiger partial charge in [-0.15, -0.1) is 0 Å². The maximum atomic E-state index is 14.8. The van der Waals surface area contributed by atoms with Crippen molar-refractivity contribution >= 4 is 10.9 Å². The first-order valence-electron chi connectivity index (χ1n) is 9.50. The van der Waals surface area contributed by atoms with Crippen LogP contribution in [-0.4, -0.2) is 29.7 Å². The monoisotopic (exact) mass is 415 g/mol. The highest BCUT2D eigenvalue weighted by Gasteiger charge is 2.41. The maximum absolute atomic E-state index is 14.8. The van der Waals surface area contributed by atoms with Gasteiger partial charge in [0.25, 0.3) is 0 Å². The molecule has 0 amide bonds. The molecule has 1 N–H and O–H groups in total. The van der Waals surface area contributed by atoms with Crippen molar-refractivity contribution in [1.29, 1.82) is 0 Å². The molecule has 0 unspecified atom stereocenters. The Kier molecular flexibility index (Phi) is 5.07. The first-order chi connectivity index (χ1) is 14.3. The zero-order valence-corrected chi connectivity index (χ0v) is 16.4. The smallest absolute Gasteiger partial charge is 0.137 e. The summed E-state index contributed by atoms with van der Waals surface area (Å²) in [6.45, 7) is 3.40. The number of aryl methyl sites for hydroxylation is 1. The summed E-state index contributed by atoms with van der Waals surface area (Å²) in [7, 11) is 0. The van der Waals surface area contributed by atoms with E-state index in [-0.39, 0.29) is 12.1 Å². The largest absolute Gasteiger partial charge is 0.381 e. The summed E-state index contributed by atoms with van der Waals surface area (Å²) in [5.74, 6) is -2.11. The summed E-state index contributed by atoms with van der Waals surface area (Å²) in [5.41, 5.74) is -0.815. The van der Waals surface area contributed by atoms with E-state index >= 15 is 0 Å². The van der Waals surface area contributed by atoms with E-state index < -0.39 is 29.1 Å². The lowest BCUT2D eigenvalue weighted by atomic mass is 9.86. The molecule has 0 bridgehead atoms. The van der Waals surface area contributed by atoms with Gasteiger partial charge in [-0.25, -0.2) is 22.8 Å². The zero-order chi connectivity index (χ0) is 21.5. The Labute approximate surface area is 170 Å². The van der Waals surface area contributed by atoms with Gasteiger partial charge in [0.05, 0.1) is 23.8 Å². The van der Waals surface area contributed by atoms with Crippen LogP contribution >= 0.6 is 0 Å². The summed E-state index contributed by atoms with van der Waals surface area (Å²) in [6, 6.07) is 6.45. The summed E-state index contributed by atoms with van der Waals surface area (Å²) in [4.78, 5) is 3.86. The molecule has 4 rings (SSSR count). The molecule has 0 fully saturated rings. The molecule has 2 heterocycles. The third-order valence-corrected chi connectivity index (χ3v) is 5.41. The van der Waals surface area contributed by atoms with Crippen LogP contribution in [0.2, 0.25) is 0 Å². The van der Waals surface area contributed by atoms with Gasteiger partial charge in [0, 0.05) is 17.0 Å². The minimum Gasteiger partial charge on any atom is -0.381 e. The average Bonchev–Trinajstić information content (AvgIpc) is 3.34. The Morgan fingerprint density at radius 1 is 1.10 bits per heavy atom. The van der Waals surface area contributed by atoms with E-state index in [1.807, 2.05) is 6.92 Å². The lowest BCUT2D eigenvalue weighted by Gasteiger charge is -2.35. The van der Waals surface area contributed by atoms with Gasteiger partial charge in [0.15, 0.2) is 0 Å². The fraction of sp³-hybridized carbons (Fsp3) is 0.286. The molecule has 2 aromatic carbocycles. The van der Waals surface area contributed by atoms with Crippen LogP contribution in [0.1, 0.15) is 31.1 Å². The maximum Gasteiger partial charge on any atom is 0.137 e. The Bertz CT molecular complexity index is 1190. The van der Waals surface area contributed by atoms with Crippen LogP contribution in [0.25, 0.3) is 10.9 Å². The quantitative estimate of drug-likeness (QED) is 0.521. The number of nitrogens with zero attached hydrogens (tertiary/aromatic N) is 5. The van der Waals surface area contributed by atoms with Gasteiger partial charge in [-0.05, 0) is 37.6 Å². The van der Waals surface area contributed by atoms with Crippen LogP contribution in [0.15, 0.2) is 49.1 Å². The van der Waals surface area contributed by atoms with Crippen LogP contribution < -0.4 is 0 Å². The number of benzene rings is 2. The molecular formula is C21H20F3N5O. The minimum atomic E-state index is -1.89. The van der Waals surface area contributed by atoms with Crippen molar-refractivity contribution in [3.05, 3.63) is 77.8 Å². The number of rotatable bonds is 6. The van der Waals surface area contributed by atoms with Gasteiger partial charge < -0.3 is 5.11 Å². The van der Waals surface area contributed by atoms with Gasteiger partial charge in [-0.3, -0.25) is 4.68 Å². The fourth-order valence-corrected chi connectivity index (χ4v) is 3.78. The van der Waals surface area contributed by atoms with Crippen molar-refractivity contribution in [1.82, 2.24) is 24.5 Å². The Hall–Kier alpha value is -3.20. The molecule has 9 heteroatoms. The average molecular weight is 415 g/mol. The van der Waals surface area contributed by atoms with E-state index in [1.165, 1.54) is 40.2 Å². The predicted molar refractivity (Wildman–Crippen MR) is 104 cm³/mol. The minimum absolute atomic E-state index is 0.120. The van der Waals surface area contributed by atoms with Crippen molar-refractivity contribution < 1.29 is 18.3 Å². The van der Waals surface area contributed by atoms with E-state index in [2.05, 4.69) is 15.2 Å². The Morgan fingerprint density at radius 3 is 2.50 bits per heavy atom. The predicted octanol–water partition coefficient (Wildman–Crippen LogP) is 3.76. The third-order valence-electron chi connectivity index (χ3n) is 5.41. The van der Waals surface area contributed by atoms with Gasteiger partial charge in [-0.2, -0.15) is 10.2 Å². The number of aromatic nitrogens is 5. The number of hydrogen-bond acceptors (Lipinski definition) is 4. The highest BCUT2D eigenvalue weighted by atomic mass is 19.1. The summed E-state index contributed by atoms with van der Waals surface area (Å²) in [5, 5.41) is 21.1. The lowest BCUT2D eigenvalue weighted by Crippen LogP contribution is -2.41. The van der Waals surface area contributed by atoms with E-state index in [1.54, 1.807) is 13.0 Å². The van der Waals surface area contributed by atoms with Gasteiger partial charge in [0.2, 0.25) is 0 Å². The SMILES string of the molecule is CCc1nn([C@H](C)[C@](O)(Cn2cncn2)c2ccc(F)cc2F)c2cc(F)ccc12. The molecule has 0 aliphatic rings. The molecule has 2 aromatic heterocycles. The van der Waals surface area contributed by atoms with Crippen LogP contribution in [0.5, 0.6) is 0 Å². The second-order valence-corrected chi connectivity index (χ2v) is 7.22. The number of halogens is 3. The second kappa shape index (κ2) is 7.56. The molecule has 0 radical (unpaired) electrons. The highest BCUT2D eigenvalue weighted by molar-refractivity contribution is 5.82. The number of fused-ring (bicyclic) bond motifs is 1. The highest BCUT2D eigenvalue weighted by Crippen LogP contribution is 2.38. The molecule has 4 aromatic rings. The topological polar surface area (TPSA) is 68.8 Å². The first kappa shape index (κ1) is 20.1. The zero-order valence-electron chi connectivity index (χ0n) is 16.4. The number of aliphatic hydroxyl groups is 1. The molecule has 0 saturated carbocycles. The molecular weight excluding hydrogens is 395 g/mol. The van der Waals surface area contributed by atoms with Gasteiger partial charge in [0.1, 0.15) is 35.7 Å². The van der Waals surface area contributed by atoms with Crippen molar-refractivity contribution in [2.24, 2.45) is 0 Å². The van der Waals surface area contributed by atoms with Crippen LogP contribution in [-0.2, 0) is 18.6 Å². The van der Waals surface area contributed by atoms with Crippen molar-refractivity contribution in [3.8, 4) is 0 Å². The third kappa shape index (κ3) is 3.35. The molecule has 0 aliphatic carbocycles. The number of hydrogen-bond donors (Lipinski definition) is 1. The van der Waals surface area contributed by atoms with Crippen LogP contribution in [0.3, 0.4) is 0 Å². The van der Waals surface area contributed by atoms with Gasteiger partial charge >= 0.3 is 0 Å². The Morgan fingerprint density at radius 2 is 1.83 bits per heavy atom. The molecule has 156 valence electrons. The molecule has 0 aliphatic heterocycles. The molecule has 0 spiro atoms. The van der Waals surface area contributed by atoms with Crippen LogP contribution in [0, 0.1) is 17.5 Å². The lowest BCUT2D eigenvalue weighted by molar-refractivity contribution is -0.0355. The summed E-state index contributed by atoms with van der Waals surface area (Å²) >= 11 is 0. The normalized spacial score (nSPS) is 14.7. The van der Waals surface area contributed by atoms with E-state index in [9.17, 15) is 18.3 Å². The summed E-state index contributed by atoms with van der Waals surface area (Å²) in [6.07, 6.45) is 3.27. The van der Waals surface area contributed by atoms with Crippen molar-refractivity contribution in [2.45, 2.75) is 38.5 Å². The molecule has 2 atom stereocenters. The molecule has 6 nitrogen and oxygen atoms in total. The van der Waals surface area contributed by atoms with E-state index in [0.29, 0.717) is 18.0 Å². The van der Waals surface area contributed by atoms with Gasteiger partial charge in [-0.1, -0.05) is 13.0 Å². The van der Waals surface area contributed by atoms with Crippen molar-refractivity contribution in [2.75, 3.05) is 0 Å². The van der Waals surface area contributed by atoms with Crippen LogP contribution in [0.4, 0.5) is 13.2 Å². The van der Waals surface area contributed by atoms with E-state index in [4.69, 9.17) is 0 Å². The second-order valence-electron chi connectivity index (χ2n) is 7.22. The summed E-state index contributed by atoms with van der Waals surface area (Å²) < 4.78 is 45.1. The molecule has 0 saturated heterocycles. The molecule has 30 heavy (non-hydrogen) atoms. The Balaban J connectivity index is 1.91. The van der Waals surface area contributed by atoms with E-state index in [0.717, 1.165) is 17.1 Å². The fourth-order valence-electron chi connectivity index (χ4n) is 3.78. The van der Waals surface area contributed by atoms with Crippen molar-refractivity contribution in [3.63, 3.8) is 0 Å². The standard InChI is InChI=1S/C21H20F3N5O/c1-3-19-16-6-4-15(23)9-20(16)29(27-19)13(2)21(30,10-28-12-25-11-26-28)17-7-5-14(22)8-18(17)24/h4-9,11-13,30H,3,10H2,1-2H3/t13-,21-/m1/s1. The first-order valence-corrected chi connectivity index (χ1v) is 9.50.